The van der Waals surface area contributed by atoms with Gasteiger partial charge in [-0.05, 0) is 36.6 Å². The van der Waals surface area contributed by atoms with Crippen LogP contribution >= 0.6 is 11.6 Å². The van der Waals surface area contributed by atoms with Crippen LogP contribution < -0.4 is 5.32 Å². The Kier molecular flexibility index (Phi) is 4.20. The molecule has 1 aromatic heterocycles. The number of aromatic nitrogens is 2. The molecule has 1 aliphatic heterocycles. The third kappa shape index (κ3) is 3.24. The van der Waals surface area contributed by atoms with E-state index in [1.165, 1.54) is 0 Å². The maximum atomic E-state index is 12.0. The molecule has 0 bridgehead atoms. The maximum absolute atomic E-state index is 12.0. The minimum absolute atomic E-state index is 0.199. The molecule has 6 heteroatoms. The molecule has 1 aromatic carbocycles. The number of carbonyl (C=O) groups excluding carboxylic acids is 1. The topological polar surface area (TPSA) is 58.1 Å². The molecule has 1 saturated heterocycles. The van der Waals surface area contributed by atoms with E-state index >= 15 is 0 Å². The minimum atomic E-state index is 0.199. The van der Waals surface area contributed by atoms with Crippen LogP contribution in [0.5, 0.6) is 0 Å². The van der Waals surface area contributed by atoms with Crippen LogP contribution in [0.2, 0.25) is 5.28 Å². The molecule has 0 aliphatic carbocycles. The van der Waals surface area contributed by atoms with Crippen LogP contribution in [-0.4, -0.2) is 40.4 Å². The van der Waals surface area contributed by atoms with Crippen molar-refractivity contribution in [2.24, 2.45) is 0 Å². The maximum Gasteiger partial charge on any atom is 0.224 e. The highest BCUT2D eigenvalue weighted by molar-refractivity contribution is 6.28. The van der Waals surface area contributed by atoms with Gasteiger partial charge in [-0.2, -0.15) is 0 Å². The van der Waals surface area contributed by atoms with Crippen molar-refractivity contribution in [2.45, 2.75) is 19.3 Å². The van der Waals surface area contributed by atoms with E-state index in [9.17, 15) is 4.79 Å². The molecule has 0 unspecified atom stereocenters. The van der Waals surface area contributed by atoms with Crippen molar-refractivity contribution >= 4 is 34.2 Å². The summed E-state index contributed by atoms with van der Waals surface area (Å²) in [5.41, 5.74) is 0.797. The van der Waals surface area contributed by atoms with E-state index in [-0.39, 0.29) is 11.2 Å². The van der Waals surface area contributed by atoms with Crippen LogP contribution in [0, 0.1) is 0 Å². The molecule has 1 amide bonds. The number of carbonyl (C=O) groups is 1. The van der Waals surface area contributed by atoms with Crippen LogP contribution in [0.1, 0.15) is 19.3 Å². The van der Waals surface area contributed by atoms with E-state index in [0.29, 0.717) is 18.8 Å². The Morgan fingerprint density at radius 3 is 2.81 bits per heavy atom. The molecule has 3 rings (SSSR count). The van der Waals surface area contributed by atoms with E-state index in [4.69, 9.17) is 11.6 Å². The summed E-state index contributed by atoms with van der Waals surface area (Å²) >= 11 is 5.93. The number of anilines is 1. The van der Waals surface area contributed by atoms with Crippen LogP contribution in [0.25, 0.3) is 10.9 Å². The van der Waals surface area contributed by atoms with Gasteiger partial charge < -0.3 is 10.2 Å². The van der Waals surface area contributed by atoms with Gasteiger partial charge in [-0.1, -0.05) is 12.1 Å². The van der Waals surface area contributed by atoms with Crippen molar-refractivity contribution < 1.29 is 4.79 Å². The van der Waals surface area contributed by atoms with Crippen molar-refractivity contribution in [3.63, 3.8) is 0 Å². The predicted octanol–water partition coefficient (Wildman–Crippen LogP) is 2.71. The molecular weight excluding hydrogens is 288 g/mol. The lowest BCUT2D eigenvalue weighted by molar-refractivity contribution is -0.129. The number of halogens is 1. The Morgan fingerprint density at radius 2 is 2.00 bits per heavy atom. The van der Waals surface area contributed by atoms with Gasteiger partial charge in [0.25, 0.3) is 0 Å². The molecule has 0 saturated carbocycles. The van der Waals surface area contributed by atoms with Crippen LogP contribution in [0.3, 0.4) is 0 Å². The largest absolute Gasteiger partial charge is 0.369 e. The van der Waals surface area contributed by atoms with Gasteiger partial charge in [0.15, 0.2) is 0 Å². The Morgan fingerprint density at radius 1 is 1.24 bits per heavy atom. The van der Waals surface area contributed by atoms with Gasteiger partial charge in [0, 0.05) is 31.4 Å². The first-order valence-corrected chi connectivity index (χ1v) is 7.56. The number of likely N-dealkylation sites (tertiary alicyclic amines) is 1. The second-order valence-electron chi connectivity index (χ2n) is 5.12. The molecule has 110 valence electrons. The van der Waals surface area contributed by atoms with Crippen molar-refractivity contribution in [1.82, 2.24) is 14.9 Å². The molecule has 0 radical (unpaired) electrons. The van der Waals surface area contributed by atoms with Gasteiger partial charge in [0.05, 0.1) is 5.52 Å². The lowest BCUT2D eigenvalue weighted by Gasteiger charge is -2.15. The van der Waals surface area contributed by atoms with Gasteiger partial charge >= 0.3 is 0 Å². The zero-order valence-corrected chi connectivity index (χ0v) is 12.4. The van der Waals surface area contributed by atoms with Gasteiger partial charge in [0.2, 0.25) is 11.2 Å². The minimum Gasteiger partial charge on any atom is -0.369 e. The van der Waals surface area contributed by atoms with Crippen LogP contribution in [0.15, 0.2) is 24.3 Å². The average molecular weight is 305 g/mol. The first-order valence-electron chi connectivity index (χ1n) is 7.18. The molecule has 2 aromatic rings. The van der Waals surface area contributed by atoms with Crippen LogP contribution in [-0.2, 0) is 4.79 Å². The third-order valence-corrected chi connectivity index (χ3v) is 3.84. The van der Waals surface area contributed by atoms with Gasteiger partial charge in [-0.25, -0.2) is 9.97 Å². The molecule has 21 heavy (non-hydrogen) atoms. The fourth-order valence-corrected chi connectivity index (χ4v) is 2.77. The lowest BCUT2D eigenvalue weighted by Crippen LogP contribution is -2.29. The lowest BCUT2D eigenvalue weighted by atomic mass is 10.2. The Bertz CT molecular complexity index is 655. The smallest absolute Gasteiger partial charge is 0.224 e. The van der Waals surface area contributed by atoms with E-state index < -0.39 is 0 Å². The quantitative estimate of drug-likeness (QED) is 0.882. The summed E-state index contributed by atoms with van der Waals surface area (Å²) in [7, 11) is 0. The molecule has 5 nitrogen and oxygen atoms in total. The number of nitrogens with zero attached hydrogens (tertiary/aromatic N) is 3. The van der Waals surface area contributed by atoms with E-state index in [2.05, 4.69) is 15.3 Å². The Balaban J connectivity index is 1.66. The first kappa shape index (κ1) is 14.1. The van der Waals surface area contributed by atoms with Crippen LogP contribution in [0.4, 0.5) is 5.82 Å². The van der Waals surface area contributed by atoms with E-state index in [1.54, 1.807) is 0 Å². The highest BCUT2D eigenvalue weighted by Crippen LogP contribution is 2.21. The van der Waals surface area contributed by atoms with Crippen molar-refractivity contribution in [3.8, 4) is 0 Å². The van der Waals surface area contributed by atoms with Crippen molar-refractivity contribution in [1.29, 1.82) is 0 Å². The second-order valence-corrected chi connectivity index (χ2v) is 5.46. The number of para-hydroxylation sites is 1. The van der Waals surface area contributed by atoms with Gasteiger partial charge in [-0.3, -0.25) is 4.79 Å². The van der Waals surface area contributed by atoms with E-state index in [1.807, 2.05) is 29.2 Å². The normalized spacial score (nSPS) is 14.6. The molecular formula is C15H17ClN4O. The zero-order valence-electron chi connectivity index (χ0n) is 11.7. The predicted molar refractivity (Wildman–Crippen MR) is 83.5 cm³/mol. The summed E-state index contributed by atoms with van der Waals surface area (Å²) in [6.45, 7) is 2.33. The number of nitrogens with one attached hydrogen (secondary N) is 1. The second kappa shape index (κ2) is 6.26. The molecule has 2 heterocycles. The SMILES string of the molecule is O=C(CCNc1nc(Cl)nc2ccccc12)N1CCCC1. The average Bonchev–Trinajstić information content (AvgIpc) is 3.01. The number of hydrogen-bond donors (Lipinski definition) is 1. The number of fused-ring (bicyclic) bond motifs is 1. The van der Waals surface area contributed by atoms with Crippen molar-refractivity contribution in [3.05, 3.63) is 29.5 Å². The zero-order chi connectivity index (χ0) is 14.7. The number of rotatable bonds is 4. The molecule has 1 aliphatic rings. The fourth-order valence-electron chi connectivity index (χ4n) is 2.60. The Hall–Kier alpha value is -1.88. The molecule has 1 fully saturated rings. The molecule has 0 spiro atoms. The number of hydrogen-bond acceptors (Lipinski definition) is 4. The van der Waals surface area contributed by atoms with Gasteiger partial charge in [0.1, 0.15) is 5.82 Å². The molecule has 1 N–H and O–H groups in total. The third-order valence-electron chi connectivity index (χ3n) is 3.67. The fraction of sp³-hybridized carbons (Fsp3) is 0.400. The number of amides is 1. The summed E-state index contributed by atoms with van der Waals surface area (Å²) < 4.78 is 0. The highest BCUT2D eigenvalue weighted by Gasteiger charge is 2.17. The van der Waals surface area contributed by atoms with Gasteiger partial charge in [-0.15, -0.1) is 0 Å². The first-order chi connectivity index (χ1) is 10.2. The summed E-state index contributed by atoms with van der Waals surface area (Å²) in [5.74, 6) is 0.879. The van der Waals surface area contributed by atoms with E-state index in [0.717, 1.165) is 36.8 Å². The Labute approximate surface area is 128 Å². The summed E-state index contributed by atoms with van der Waals surface area (Å²) in [6, 6.07) is 7.67. The monoisotopic (exact) mass is 304 g/mol. The molecule has 0 atom stereocenters. The number of benzene rings is 1. The standard InChI is InChI=1S/C15H17ClN4O/c16-15-18-12-6-2-1-5-11(12)14(19-15)17-8-7-13(21)20-9-3-4-10-20/h1-2,5-6H,3-4,7-10H2,(H,17,18,19). The summed E-state index contributed by atoms with van der Waals surface area (Å²) in [4.78, 5) is 22.3. The summed E-state index contributed by atoms with van der Waals surface area (Å²) in [5, 5.41) is 4.32. The highest BCUT2D eigenvalue weighted by atomic mass is 35.5. The van der Waals surface area contributed by atoms with Crippen molar-refractivity contribution in [2.75, 3.05) is 25.0 Å². The summed E-state index contributed by atoms with van der Waals surface area (Å²) in [6.07, 6.45) is 2.70.